The van der Waals surface area contributed by atoms with Gasteiger partial charge in [-0.2, -0.15) is 0 Å². The molecule has 16 heavy (non-hydrogen) atoms. The third kappa shape index (κ3) is 2.28. The van der Waals surface area contributed by atoms with Gasteiger partial charge in [0.25, 0.3) is 0 Å². The molecule has 1 saturated heterocycles. The second-order valence-electron chi connectivity index (χ2n) is 5.90. The molecule has 0 N–H and O–H groups in total. The summed E-state index contributed by atoms with van der Waals surface area (Å²) in [4.78, 5) is 0. The Balaban J connectivity index is 2.18. The molecule has 2 aliphatic rings. The van der Waals surface area contributed by atoms with Crippen molar-refractivity contribution in [2.45, 2.75) is 58.3 Å². The van der Waals surface area contributed by atoms with Crippen LogP contribution in [0.3, 0.4) is 0 Å². The van der Waals surface area contributed by atoms with Crippen molar-refractivity contribution in [1.82, 2.24) is 0 Å². The van der Waals surface area contributed by atoms with Crippen LogP contribution in [0.25, 0.3) is 0 Å². The Bertz CT molecular complexity index is 283. The molecule has 0 aromatic carbocycles. The first-order chi connectivity index (χ1) is 7.61. The summed E-state index contributed by atoms with van der Waals surface area (Å²) in [7, 11) is 0.147. The van der Waals surface area contributed by atoms with Gasteiger partial charge in [-0.3, -0.25) is 0 Å². The van der Waals surface area contributed by atoms with Crippen LogP contribution >= 0.6 is 7.92 Å². The minimum absolute atomic E-state index is 0.147. The normalized spacial score (nSPS) is 30.8. The monoisotopic (exact) mass is 236 g/mol. The summed E-state index contributed by atoms with van der Waals surface area (Å²) < 4.78 is 0. The van der Waals surface area contributed by atoms with Gasteiger partial charge in [0.15, 0.2) is 0 Å². The smallest absolute Gasteiger partial charge is 0.00897 e. The molecular weight excluding hydrogens is 211 g/mol. The van der Waals surface area contributed by atoms with Gasteiger partial charge in [0.05, 0.1) is 0 Å². The SMILES string of the molecule is CC(C)[C@@H]1CC[C@@H](C(C)C)P1C1=CC=CC1. The predicted octanol–water partition coefficient (Wildman–Crippen LogP) is 5.16. The second kappa shape index (κ2) is 5.05. The predicted molar refractivity (Wildman–Crippen MR) is 75.2 cm³/mol. The summed E-state index contributed by atoms with van der Waals surface area (Å²) in [6.45, 7) is 9.69. The lowest BCUT2D eigenvalue weighted by atomic mass is 10.0. The van der Waals surface area contributed by atoms with E-state index < -0.39 is 0 Å². The largest absolute Gasteiger partial charge is 0.0801 e. The maximum Gasteiger partial charge on any atom is -0.00897 e. The van der Waals surface area contributed by atoms with E-state index >= 15 is 0 Å². The van der Waals surface area contributed by atoms with Crippen LogP contribution in [0.4, 0.5) is 0 Å². The van der Waals surface area contributed by atoms with E-state index in [1.807, 2.05) is 0 Å². The fourth-order valence-corrected chi connectivity index (χ4v) is 7.29. The Morgan fingerprint density at radius 1 is 1.06 bits per heavy atom. The molecule has 0 unspecified atom stereocenters. The summed E-state index contributed by atoms with van der Waals surface area (Å²) in [5.41, 5.74) is 1.99. The molecule has 0 spiro atoms. The van der Waals surface area contributed by atoms with Gasteiger partial charge >= 0.3 is 0 Å². The highest BCUT2D eigenvalue weighted by Crippen LogP contribution is 2.66. The van der Waals surface area contributed by atoms with E-state index in [9.17, 15) is 0 Å². The molecule has 1 heteroatoms. The van der Waals surface area contributed by atoms with Crippen molar-refractivity contribution in [2.24, 2.45) is 11.8 Å². The highest BCUT2D eigenvalue weighted by molar-refractivity contribution is 7.63. The molecule has 2 rings (SSSR count). The zero-order valence-corrected chi connectivity index (χ0v) is 12.0. The summed E-state index contributed by atoms with van der Waals surface area (Å²) >= 11 is 0. The summed E-state index contributed by atoms with van der Waals surface area (Å²) in [6.07, 6.45) is 11.2. The molecule has 90 valence electrons. The maximum atomic E-state index is 2.42. The topological polar surface area (TPSA) is 0 Å². The van der Waals surface area contributed by atoms with Gasteiger partial charge in [0, 0.05) is 0 Å². The molecular formula is C15H25P. The van der Waals surface area contributed by atoms with Crippen molar-refractivity contribution in [1.29, 1.82) is 0 Å². The van der Waals surface area contributed by atoms with Crippen molar-refractivity contribution >= 4 is 7.92 Å². The first-order valence-corrected chi connectivity index (χ1v) is 8.23. The zero-order valence-electron chi connectivity index (χ0n) is 11.1. The maximum absolute atomic E-state index is 2.42. The third-order valence-electron chi connectivity index (χ3n) is 4.10. The quantitative estimate of drug-likeness (QED) is 0.594. The fourth-order valence-electron chi connectivity index (χ4n) is 3.23. The fraction of sp³-hybridized carbons (Fsp3) is 0.733. The summed E-state index contributed by atoms with van der Waals surface area (Å²) in [5.74, 6) is 1.74. The number of hydrogen-bond acceptors (Lipinski definition) is 0. The molecule has 1 heterocycles. The highest BCUT2D eigenvalue weighted by Gasteiger charge is 2.40. The third-order valence-corrected chi connectivity index (χ3v) is 8.23. The molecule has 0 aromatic heterocycles. The lowest BCUT2D eigenvalue weighted by molar-refractivity contribution is 0.543. The summed E-state index contributed by atoms with van der Waals surface area (Å²) in [6, 6.07) is 0. The van der Waals surface area contributed by atoms with E-state index in [1.165, 1.54) is 19.3 Å². The van der Waals surface area contributed by atoms with Gasteiger partial charge in [-0.25, -0.2) is 0 Å². The van der Waals surface area contributed by atoms with Crippen LogP contribution in [0.5, 0.6) is 0 Å². The molecule has 0 nitrogen and oxygen atoms in total. The van der Waals surface area contributed by atoms with E-state index in [4.69, 9.17) is 0 Å². The number of hydrogen-bond donors (Lipinski definition) is 0. The van der Waals surface area contributed by atoms with Crippen molar-refractivity contribution < 1.29 is 0 Å². The molecule has 0 amide bonds. The van der Waals surface area contributed by atoms with Crippen LogP contribution in [0, 0.1) is 11.8 Å². The van der Waals surface area contributed by atoms with Crippen LogP contribution < -0.4 is 0 Å². The first-order valence-electron chi connectivity index (χ1n) is 6.75. The van der Waals surface area contributed by atoms with Crippen LogP contribution in [-0.2, 0) is 0 Å². The van der Waals surface area contributed by atoms with E-state index in [2.05, 4.69) is 45.9 Å². The standard InChI is InChI=1S/C15H25P/c1-11(2)14-9-10-15(12(3)4)16(14)13-7-5-6-8-13/h5-7,11-12,14-15H,8-10H2,1-4H3/t14-,15-/m0/s1. The highest BCUT2D eigenvalue weighted by atomic mass is 31.1. The minimum Gasteiger partial charge on any atom is -0.0801 e. The molecule has 1 fully saturated rings. The Morgan fingerprint density at radius 3 is 2.00 bits per heavy atom. The van der Waals surface area contributed by atoms with Gasteiger partial charge in [0.1, 0.15) is 0 Å². The molecule has 2 atom stereocenters. The Labute approximate surface area is 102 Å². The van der Waals surface area contributed by atoms with Gasteiger partial charge < -0.3 is 0 Å². The first kappa shape index (κ1) is 12.4. The molecule has 0 radical (unpaired) electrons. The zero-order chi connectivity index (χ0) is 11.7. The Kier molecular flexibility index (Phi) is 3.90. The molecule has 1 aliphatic carbocycles. The average molecular weight is 236 g/mol. The van der Waals surface area contributed by atoms with E-state index in [0.717, 1.165) is 23.2 Å². The van der Waals surface area contributed by atoms with Crippen molar-refractivity contribution in [2.75, 3.05) is 0 Å². The van der Waals surface area contributed by atoms with Crippen LogP contribution in [0.2, 0.25) is 0 Å². The number of allylic oxidation sites excluding steroid dienone is 4. The molecule has 0 aromatic rings. The van der Waals surface area contributed by atoms with Crippen LogP contribution in [-0.4, -0.2) is 11.3 Å². The van der Waals surface area contributed by atoms with Gasteiger partial charge in [-0.05, 0) is 47.7 Å². The summed E-state index contributed by atoms with van der Waals surface area (Å²) in [5, 5.41) is 1.78. The second-order valence-corrected chi connectivity index (χ2v) is 8.61. The van der Waals surface area contributed by atoms with E-state index in [0.29, 0.717) is 0 Å². The van der Waals surface area contributed by atoms with Crippen molar-refractivity contribution in [3.63, 3.8) is 0 Å². The van der Waals surface area contributed by atoms with Gasteiger partial charge in [-0.15, -0.1) is 0 Å². The average Bonchev–Trinajstić information content (AvgIpc) is 2.85. The van der Waals surface area contributed by atoms with E-state index in [1.54, 1.807) is 5.31 Å². The minimum atomic E-state index is 0.147. The van der Waals surface area contributed by atoms with Crippen LogP contribution in [0.1, 0.15) is 47.0 Å². The Morgan fingerprint density at radius 2 is 1.62 bits per heavy atom. The van der Waals surface area contributed by atoms with Crippen molar-refractivity contribution in [3.8, 4) is 0 Å². The molecule has 0 saturated carbocycles. The number of rotatable bonds is 3. The van der Waals surface area contributed by atoms with Crippen molar-refractivity contribution in [3.05, 3.63) is 23.5 Å². The lowest BCUT2D eigenvalue weighted by Gasteiger charge is -2.31. The Hall–Kier alpha value is -0.0900. The van der Waals surface area contributed by atoms with Crippen LogP contribution in [0.15, 0.2) is 23.5 Å². The van der Waals surface area contributed by atoms with Gasteiger partial charge in [0.2, 0.25) is 0 Å². The molecule has 1 aliphatic heterocycles. The lowest BCUT2D eigenvalue weighted by Crippen LogP contribution is -2.14. The van der Waals surface area contributed by atoms with Gasteiger partial charge in [-0.1, -0.05) is 53.8 Å². The van der Waals surface area contributed by atoms with E-state index in [-0.39, 0.29) is 7.92 Å². The molecule has 0 bridgehead atoms.